The number of benzene rings is 1. The van der Waals surface area contributed by atoms with Gasteiger partial charge in [0.1, 0.15) is 0 Å². The summed E-state index contributed by atoms with van der Waals surface area (Å²) in [6.45, 7) is 3.48. The summed E-state index contributed by atoms with van der Waals surface area (Å²) in [5.74, 6) is 0. The highest BCUT2D eigenvalue weighted by Gasteiger charge is 2.20. The molecule has 0 radical (unpaired) electrons. The average Bonchev–Trinajstić information content (AvgIpc) is 2.68. The second-order valence-electron chi connectivity index (χ2n) is 4.20. The first-order valence-electron chi connectivity index (χ1n) is 5.63. The van der Waals surface area contributed by atoms with Crippen LogP contribution in [0.3, 0.4) is 0 Å². The van der Waals surface area contributed by atoms with Gasteiger partial charge in [0.15, 0.2) is 0 Å². The Morgan fingerprint density at radius 3 is 2.30 bits per heavy atom. The van der Waals surface area contributed by atoms with E-state index in [2.05, 4.69) is 0 Å². The van der Waals surface area contributed by atoms with Crippen molar-refractivity contribution in [3.05, 3.63) is 51.1 Å². The molecule has 6 nitrogen and oxygen atoms in total. The zero-order chi connectivity index (χ0) is 14.9. The standard InChI is InChI=1S/C12H12N2O4S2/c1-8-3-5-10(6-4-8)20(17,18)13-12(16)14-11(15)7-9(2)19-14/h3-7H,1-2H3,(H,13,16). The molecule has 0 fully saturated rings. The predicted molar refractivity (Wildman–Crippen MR) is 75.6 cm³/mol. The summed E-state index contributed by atoms with van der Waals surface area (Å²) in [4.78, 5) is 23.9. The lowest BCUT2D eigenvalue weighted by Crippen LogP contribution is -2.37. The summed E-state index contributed by atoms with van der Waals surface area (Å²) in [6.07, 6.45) is 0. The Morgan fingerprint density at radius 1 is 1.20 bits per heavy atom. The second kappa shape index (κ2) is 5.22. The van der Waals surface area contributed by atoms with Crippen LogP contribution in [0, 0.1) is 13.8 Å². The van der Waals surface area contributed by atoms with Gasteiger partial charge in [0, 0.05) is 10.9 Å². The van der Waals surface area contributed by atoms with Gasteiger partial charge in [0.25, 0.3) is 15.6 Å². The molecule has 2 aromatic rings. The summed E-state index contributed by atoms with van der Waals surface area (Å²) in [5, 5.41) is 0. The van der Waals surface area contributed by atoms with E-state index in [0.29, 0.717) is 4.88 Å². The van der Waals surface area contributed by atoms with Gasteiger partial charge in [0.05, 0.1) is 4.90 Å². The summed E-state index contributed by atoms with van der Waals surface area (Å²) in [6, 6.07) is 6.33. The van der Waals surface area contributed by atoms with Crippen LogP contribution in [0.1, 0.15) is 10.4 Å². The zero-order valence-corrected chi connectivity index (χ0v) is 12.4. The lowest BCUT2D eigenvalue weighted by molar-refractivity contribution is 0.248. The number of aryl methyl sites for hydroxylation is 2. The summed E-state index contributed by atoms with van der Waals surface area (Å²) in [5.41, 5.74) is 0.351. The number of carbonyl (C=O) groups excluding carboxylic acids is 1. The number of aromatic nitrogens is 1. The second-order valence-corrected chi connectivity index (χ2v) is 7.08. The topological polar surface area (TPSA) is 85.2 Å². The summed E-state index contributed by atoms with van der Waals surface area (Å²) >= 11 is 0.888. The lowest BCUT2D eigenvalue weighted by atomic mass is 10.2. The van der Waals surface area contributed by atoms with E-state index < -0.39 is 21.6 Å². The van der Waals surface area contributed by atoms with Crippen LogP contribution in [-0.2, 0) is 10.0 Å². The van der Waals surface area contributed by atoms with E-state index in [-0.39, 0.29) is 4.90 Å². The van der Waals surface area contributed by atoms with Crippen LogP contribution in [0.25, 0.3) is 0 Å². The maximum Gasteiger partial charge on any atom is 0.352 e. The monoisotopic (exact) mass is 312 g/mol. The first-order chi connectivity index (χ1) is 9.29. The van der Waals surface area contributed by atoms with Crippen molar-refractivity contribution >= 4 is 27.6 Å². The van der Waals surface area contributed by atoms with Crippen LogP contribution in [-0.4, -0.2) is 18.4 Å². The molecule has 20 heavy (non-hydrogen) atoms. The Labute approximate surface area is 119 Å². The molecule has 0 aliphatic rings. The van der Waals surface area contributed by atoms with Crippen LogP contribution in [0.5, 0.6) is 0 Å². The molecule has 0 atom stereocenters. The van der Waals surface area contributed by atoms with Crippen molar-refractivity contribution in [1.82, 2.24) is 8.68 Å². The number of nitrogens with one attached hydrogen (secondary N) is 1. The number of amides is 1. The van der Waals surface area contributed by atoms with E-state index in [9.17, 15) is 18.0 Å². The van der Waals surface area contributed by atoms with E-state index in [1.807, 2.05) is 11.6 Å². The van der Waals surface area contributed by atoms with E-state index in [1.54, 1.807) is 19.1 Å². The van der Waals surface area contributed by atoms with Crippen molar-refractivity contribution in [1.29, 1.82) is 0 Å². The van der Waals surface area contributed by atoms with Gasteiger partial charge in [-0.2, -0.15) is 3.96 Å². The molecular weight excluding hydrogens is 300 g/mol. The number of nitrogens with zero attached hydrogens (tertiary/aromatic N) is 1. The van der Waals surface area contributed by atoms with E-state index in [4.69, 9.17) is 0 Å². The Balaban J connectivity index is 2.29. The van der Waals surface area contributed by atoms with Gasteiger partial charge in [-0.1, -0.05) is 29.2 Å². The van der Waals surface area contributed by atoms with Crippen molar-refractivity contribution in [3.8, 4) is 0 Å². The molecule has 0 bridgehead atoms. The largest absolute Gasteiger partial charge is 0.352 e. The first kappa shape index (κ1) is 14.5. The molecule has 106 valence electrons. The van der Waals surface area contributed by atoms with Gasteiger partial charge in [0.2, 0.25) is 0 Å². The SMILES string of the molecule is Cc1ccc(S(=O)(=O)NC(=O)n2sc(C)cc2=O)cc1. The normalized spacial score (nSPS) is 11.3. The van der Waals surface area contributed by atoms with Gasteiger partial charge in [-0.05, 0) is 26.0 Å². The molecule has 0 saturated heterocycles. The van der Waals surface area contributed by atoms with Crippen molar-refractivity contribution < 1.29 is 13.2 Å². The predicted octanol–water partition coefficient (Wildman–Crippen LogP) is 1.47. The molecule has 1 heterocycles. The fourth-order valence-electron chi connectivity index (χ4n) is 1.52. The summed E-state index contributed by atoms with van der Waals surface area (Å²) in [7, 11) is -3.98. The lowest BCUT2D eigenvalue weighted by Gasteiger charge is -2.06. The van der Waals surface area contributed by atoms with Crippen LogP contribution in [0.2, 0.25) is 0 Å². The highest BCUT2D eigenvalue weighted by molar-refractivity contribution is 7.90. The van der Waals surface area contributed by atoms with E-state index in [0.717, 1.165) is 21.1 Å². The van der Waals surface area contributed by atoms with Crippen molar-refractivity contribution in [2.24, 2.45) is 0 Å². The van der Waals surface area contributed by atoms with E-state index >= 15 is 0 Å². The molecule has 0 saturated carbocycles. The molecule has 0 unspecified atom stereocenters. The number of sulfonamides is 1. The van der Waals surface area contributed by atoms with Crippen LogP contribution in [0.4, 0.5) is 4.79 Å². The number of hydrogen-bond acceptors (Lipinski definition) is 5. The third-order valence-corrected chi connectivity index (χ3v) is 4.77. The molecule has 1 aromatic heterocycles. The smallest absolute Gasteiger partial charge is 0.268 e. The Hall–Kier alpha value is -1.93. The third-order valence-electron chi connectivity index (χ3n) is 2.50. The molecule has 8 heteroatoms. The van der Waals surface area contributed by atoms with Gasteiger partial charge in [-0.3, -0.25) is 4.79 Å². The maximum atomic E-state index is 12.0. The minimum absolute atomic E-state index is 0.0298. The van der Waals surface area contributed by atoms with E-state index in [1.165, 1.54) is 18.2 Å². The Morgan fingerprint density at radius 2 is 1.80 bits per heavy atom. The Kier molecular flexibility index (Phi) is 3.78. The summed E-state index contributed by atoms with van der Waals surface area (Å²) < 4.78 is 26.6. The van der Waals surface area contributed by atoms with Gasteiger partial charge in [-0.25, -0.2) is 17.9 Å². The molecule has 0 aliphatic heterocycles. The van der Waals surface area contributed by atoms with Gasteiger partial charge < -0.3 is 0 Å². The molecule has 1 amide bonds. The third kappa shape index (κ3) is 2.97. The van der Waals surface area contributed by atoms with Crippen molar-refractivity contribution in [2.45, 2.75) is 18.7 Å². The fourth-order valence-corrected chi connectivity index (χ4v) is 3.23. The number of carbonyl (C=O) groups is 1. The molecular formula is C12H12N2O4S2. The first-order valence-corrected chi connectivity index (χ1v) is 7.89. The zero-order valence-electron chi connectivity index (χ0n) is 10.8. The van der Waals surface area contributed by atoms with Gasteiger partial charge >= 0.3 is 6.03 Å². The quantitative estimate of drug-likeness (QED) is 0.910. The fraction of sp³-hybridized carbons (Fsp3) is 0.167. The minimum Gasteiger partial charge on any atom is -0.268 e. The Bertz CT molecular complexity index is 801. The van der Waals surface area contributed by atoms with Crippen LogP contribution >= 0.6 is 11.5 Å². The highest BCUT2D eigenvalue weighted by atomic mass is 32.2. The molecule has 2 rings (SSSR count). The van der Waals surface area contributed by atoms with Crippen LogP contribution in [0.15, 0.2) is 40.0 Å². The average molecular weight is 312 g/mol. The molecule has 1 N–H and O–H groups in total. The van der Waals surface area contributed by atoms with Crippen LogP contribution < -0.4 is 10.3 Å². The maximum absolute atomic E-state index is 12.0. The minimum atomic E-state index is -3.98. The van der Waals surface area contributed by atoms with Crippen molar-refractivity contribution in [2.75, 3.05) is 0 Å². The number of rotatable bonds is 2. The number of hydrogen-bond donors (Lipinski definition) is 1. The molecule has 0 aliphatic carbocycles. The molecule has 1 aromatic carbocycles. The molecule has 0 spiro atoms. The van der Waals surface area contributed by atoms with Crippen molar-refractivity contribution in [3.63, 3.8) is 0 Å². The van der Waals surface area contributed by atoms with Gasteiger partial charge in [-0.15, -0.1) is 0 Å². The highest BCUT2D eigenvalue weighted by Crippen LogP contribution is 2.10.